The van der Waals surface area contributed by atoms with Crippen LogP contribution in [0.4, 0.5) is 28.4 Å². The van der Waals surface area contributed by atoms with Crippen molar-refractivity contribution >= 4 is 130 Å². The first kappa shape index (κ1) is 102. The van der Waals surface area contributed by atoms with Crippen molar-refractivity contribution < 1.29 is 40.8 Å². The van der Waals surface area contributed by atoms with Gasteiger partial charge in [0.1, 0.15) is 11.4 Å². The number of nitro benzene ring substituents is 1. The molecule has 5 aliphatic rings. The lowest BCUT2D eigenvalue weighted by Crippen LogP contribution is -2.47. The summed E-state index contributed by atoms with van der Waals surface area (Å²) in [6.45, 7) is 24.6. The maximum Gasteiger partial charge on any atom is 0.293 e. The first-order valence-electron chi connectivity index (χ1n) is 47.1. The lowest BCUT2D eigenvalue weighted by molar-refractivity contribution is -0.384. The number of hydrogen-bond donors (Lipinski definition) is 6. The zero-order chi connectivity index (χ0) is 97.7. The van der Waals surface area contributed by atoms with Crippen LogP contribution in [0.5, 0.6) is 5.75 Å². The number of sulfonamides is 2. The molecule has 2 atom stereocenters. The molecule has 3 saturated heterocycles. The number of carbonyl (C=O) groups is 2. The molecule has 2 aromatic heterocycles. The smallest absolute Gasteiger partial charge is 0.293 e. The predicted molar refractivity (Wildman–Crippen MR) is 565 cm³/mol. The summed E-state index contributed by atoms with van der Waals surface area (Å²) in [4.78, 5) is 65.5. The summed E-state index contributed by atoms with van der Waals surface area (Å²) in [5.74, 6) is 0.835. The van der Waals surface area contributed by atoms with Crippen molar-refractivity contribution in [2.45, 2.75) is 105 Å². The number of piperazine rings is 2. The maximum atomic E-state index is 13.5. The Hall–Kier alpha value is -11.8. The number of rotatable bonds is 33. The molecule has 12 aromatic rings. The van der Waals surface area contributed by atoms with Crippen LogP contribution in [0, 0.1) is 36.3 Å². The Labute approximate surface area is 834 Å². The summed E-state index contributed by atoms with van der Waals surface area (Å²) in [6.07, 6.45) is 9.17. The Balaban J connectivity index is 0.000000170. The van der Waals surface area contributed by atoms with Gasteiger partial charge in [0.15, 0.2) is 0 Å². The van der Waals surface area contributed by atoms with Gasteiger partial charge in [0.25, 0.3) is 37.5 Å². The molecule has 24 nitrogen and oxygen atoms in total. The summed E-state index contributed by atoms with van der Waals surface area (Å²) in [6, 6.07) is 79.8. The standard InChI is InChI=1S/C47H58ClN5O4S2.C42H45ClN6O5S2.C20H19N3O/c1-35-31-43(17-18-45(35)49-40(20-22-51-27-29-57-30-28-51)34-58-42-7-5-4-6-8-42)59(55,56)50-46(54)37-11-15-41(16-12-37)53-25-23-52(24-26-53)33-38-32-47(2,3)21-19-44(38)36-9-13-39(48)14-10-36;1-46(2)23-22-35(30-55-37-9-4-3-5-10-37)44-40-21-20-38(28-41(40)49(51)52)56(53,54)45-42(50)32-14-18-36(19-15-32)48-26-24-47(25-27-48)29-33-8-6-7-11-39(33)31-12-16-34(43)17-13-31;1-12-8-13(2)21-16(12)10-19-20(24-3)11-18(23-19)17-9-14-6-4-5-7-15(14)22-17/h4-18,31,40,49H,19-30,32-34H2,1-3H3,(H,50,54);3-21,28,35,44H,22-27,29-30H2,1-2H3,(H,45,50);4-11,21,23H,1-3H3/b;;18-17?,19-10-/t40-;35-;/m11./s1. The van der Waals surface area contributed by atoms with E-state index in [0.717, 1.165) is 218 Å². The Morgan fingerprint density at radius 1 is 0.590 bits per heavy atom. The number of hydrogen-bond acceptors (Lipinski definition) is 21. The minimum Gasteiger partial charge on any atom is -0.494 e. The third-order valence-electron chi connectivity index (χ3n) is 25.7. The van der Waals surface area contributed by atoms with Gasteiger partial charge in [-0.2, -0.15) is 0 Å². The number of H-pyrrole nitrogens is 2. The van der Waals surface area contributed by atoms with E-state index in [9.17, 15) is 36.5 Å². The molecule has 1 aliphatic carbocycles. The fraction of sp³-hybridized carbons (Fsp3) is 0.312. The molecule has 726 valence electrons. The second kappa shape index (κ2) is 47.5. The number of para-hydroxylation sites is 1. The van der Waals surface area contributed by atoms with Gasteiger partial charge in [-0.3, -0.25) is 34.4 Å². The van der Waals surface area contributed by atoms with Crippen molar-refractivity contribution in [2.24, 2.45) is 10.4 Å². The van der Waals surface area contributed by atoms with Crippen molar-refractivity contribution in [1.29, 1.82) is 0 Å². The lowest BCUT2D eigenvalue weighted by atomic mass is 9.73. The topological polar surface area (TPSA) is 276 Å². The number of fused-ring (bicyclic) bond motifs is 1. The first-order chi connectivity index (χ1) is 67.0. The fourth-order valence-electron chi connectivity index (χ4n) is 17.9. The van der Waals surface area contributed by atoms with Crippen LogP contribution >= 0.6 is 46.7 Å². The third-order valence-corrected chi connectivity index (χ3v) is 31.2. The minimum atomic E-state index is -4.43. The molecule has 30 heteroatoms. The third kappa shape index (κ3) is 28.1. The van der Waals surface area contributed by atoms with Gasteiger partial charge in [-0.25, -0.2) is 31.3 Å². The number of nitro groups is 1. The Morgan fingerprint density at radius 2 is 1.12 bits per heavy atom. The molecular weight excluding hydrogens is 1860 g/mol. The van der Waals surface area contributed by atoms with Gasteiger partial charge < -0.3 is 44.8 Å². The number of methoxy groups -OCH3 is 1. The average molecular weight is 1990 g/mol. The van der Waals surface area contributed by atoms with Gasteiger partial charge in [0.05, 0.1) is 56.8 Å². The maximum absolute atomic E-state index is 13.5. The largest absolute Gasteiger partial charge is 0.494 e. The molecule has 2 amide bonds. The molecular formula is C109H122Cl2N14O10S4. The predicted octanol–water partition coefficient (Wildman–Crippen LogP) is 17.7. The number of aromatic nitrogens is 2. The van der Waals surface area contributed by atoms with E-state index in [2.05, 4.69) is 149 Å². The molecule has 139 heavy (non-hydrogen) atoms. The summed E-state index contributed by atoms with van der Waals surface area (Å²) in [7, 11) is -2.92. The van der Waals surface area contributed by atoms with Crippen molar-refractivity contribution in [3.05, 3.63) is 347 Å². The number of allylic oxidation sites excluding steroid dienone is 1. The van der Waals surface area contributed by atoms with Crippen LogP contribution in [0.1, 0.15) is 100 Å². The number of thioether (sulfide) groups is 2. The van der Waals surface area contributed by atoms with Crippen LogP contribution in [0.3, 0.4) is 0 Å². The van der Waals surface area contributed by atoms with Crippen molar-refractivity contribution in [2.75, 3.05) is 151 Å². The van der Waals surface area contributed by atoms with Crippen LogP contribution in [-0.4, -0.2) is 206 Å². The molecule has 6 heterocycles. The molecule has 0 bridgehead atoms. The Bertz CT molecular complexity index is 6780. The fourth-order valence-corrected chi connectivity index (χ4v) is 22.2. The zero-order valence-corrected chi connectivity index (χ0v) is 84.6. The number of amides is 2. The van der Waals surface area contributed by atoms with Gasteiger partial charge in [-0.15, -0.1) is 23.5 Å². The first-order valence-corrected chi connectivity index (χ1v) is 52.8. The number of benzene rings is 10. The number of aromatic amines is 2. The van der Waals surface area contributed by atoms with Crippen molar-refractivity contribution in [3.63, 3.8) is 0 Å². The van der Waals surface area contributed by atoms with E-state index in [1.807, 2.05) is 171 Å². The highest BCUT2D eigenvalue weighted by Crippen LogP contribution is 2.44. The molecule has 3 fully saturated rings. The second-order valence-corrected chi connectivity index (χ2v) is 43.2. The molecule has 0 unspecified atom stereocenters. The highest BCUT2D eigenvalue weighted by Gasteiger charge is 2.32. The highest BCUT2D eigenvalue weighted by atomic mass is 35.5. The van der Waals surface area contributed by atoms with Crippen LogP contribution in [0.2, 0.25) is 10.0 Å². The van der Waals surface area contributed by atoms with E-state index < -0.39 is 42.5 Å². The molecule has 17 rings (SSSR count). The number of carbonyl (C=O) groups excluding carboxylic acids is 2. The Kier molecular flexibility index (Phi) is 34.7. The molecule has 10 aromatic carbocycles. The van der Waals surface area contributed by atoms with Crippen molar-refractivity contribution in [3.8, 4) is 16.9 Å². The number of halogens is 2. The van der Waals surface area contributed by atoms with Crippen LogP contribution in [-0.2, 0) is 31.3 Å². The van der Waals surface area contributed by atoms with E-state index in [1.165, 1.54) is 56.8 Å². The second-order valence-electron chi connectivity index (χ2n) is 36.8. The molecule has 4 aliphatic heterocycles. The number of nitrogens with one attached hydrogen (secondary N) is 6. The number of nitrogens with zero attached hydrogens (tertiary/aromatic N) is 8. The van der Waals surface area contributed by atoms with Crippen LogP contribution in [0.15, 0.2) is 285 Å². The highest BCUT2D eigenvalue weighted by molar-refractivity contribution is 7.99. The lowest BCUT2D eigenvalue weighted by Gasteiger charge is -2.39. The normalized spacial score (nSPS) is 16.2. The molecule has 0 radical (unpaired) electrons. The van der Waals surface area contributed by atoms with Crippen molar-refractivity contribution in [1.82, 2.24) is 39.0 Å². The molecule has 6 N–H and O–H groups in total. The van der Waals surface area contributed by atoms with E-state index in [4.69, 9.17) is 37.7 Å². The summed E-state index contributed by atoms with van der Waals surface area (Å²) in [5.41, 5.74) is 16.4. The summed E-state index contributed by atoms with van der Waals surface area (Å²) < 4.78 is 69.1. The SMILES string of the molecule is CN(C)CC[C@H](CSc1ccccc1)Nc1ccc(S(=O)(=O)NC(=O)c2ccc(N3CCN(Cc4ccccc4-c4ccc(Cl)cc4)CC3)cc2)cc1[N+](=O)[O-].COc1cc(=C2C=c3ccccc3=N2)[nH]/c1=C\c1[nH]c(C)cc1C.Cc1cc(S(=O)(=O)NC(=O)c2ccc(N3CCN(CC4=C(c5ccc(Cl)cc5)CCC(C)(C)C4)CC3)cc2)ccc1N[C@H](CCN1CCOCC1)CSc1ccccc1. The van der Waals surface area contributed by atoms with Gasteiger partial charge in [0.2, 0.25) is 0 Å². The molecule has 0 saturated carbocycles. The van der Waals surface area contributed by atoms with E-state index in [1.54, 1.807) is 67.4 Å². The summed E-state index contributed by atoms with van der Waals surface area (Å²) >= 11 is 15.8. The molecule has 0 spiro atoms. The van der Waals surface area contributed by atoms with Gasteiger partial charge in [0, 0.05) is 185 Å². The van der Waals surface area contributed by atoms with Gasteiger partial charge in [-0.05, 0) is 270 Å². The Morgan fingerprint density at radius 3 is 1.68 bits per heavy atom. The number of morpholine rings is 1. The summed E-state index contributed by atoms with van der Waals surface area (Å²) in [5, 5.41) is 24.6. The number of ether oxygens (including phenoxy) is 2. The zero-order valence-electron chi connectivity index (χ0n) is 79.9. The monoisotopic (exact) mass is 1980 g/mol. The van der Waals surface area contributed by atoms with E-state index in [-0.39, 0.29) is 38.5 Å². The minimum absolute atomic E-state index is 0.0553. The number of anilines is 4. The van der Waals surface area contributed by atoms with E-state index in [0.29, 0.717) is 22.8 Å². The van der Waals surface area contributed by atoms with Gasteiger partial charge in [-0.1, -0.05) is 146 Å². The quantitative estimate of drug-likeness (QED) is 0.0127. The average Bonchev–Trinajstić information content (AvgIpc) is 1.59. The number of aryl methyl sites for hydroxylation is 3. The van der Waals surface area contributed by atoms with Gasteiger partial charge >= 0.3 is 0 Å². The van der Waals surface area contributed by atoms with Crippen LogP contribution in [0.25, 0.3) is 34.5 Å². The van der Waals surface area contributed by atoms with Crippen LogP contribution < -0.4 is 55.9 Å². The van der Waals surface area contributed by atoms with E-state index >= 15 is 0 Å².